The molecule has 3 rings (SSSR count). The number of rotatable bonds is 13. The number of carbonyl (C=O) groups excluding carboxylic acids is 2. The fourth-order valence-corrected chi connectivity index (χ4v) is 5.12. The van der Waals surface area contributed by atoms with Crippen LogP contribution in [0, 0.1) is 32.4 Å². The third-order valence-corrected chi connectivity index (χ3v) is 7.14. The van der Waals surface area contributed by atoms with E-state index in [9.17, 15) is 28.7 Å². The van der Waals surface area contributed by atoms with Crippen LogP contribution in [0.5, 0.6) is 0 Å². The highest BCUT2D eigenvalue weighted by atomic mass is 19.1. The molecule has 230 valence electrons. The predicted molar refractivity (Wildman–Crippen MR) is 158 cm³/mol. The number of aliphatic carboxylic acids is 1. The maximum atomic E-state index is 15.5. The molecule has 0 saturated carbocycles. The third kappa shape index (κ3) is 8.13. The van der Waals surface area contributed by atoms with Crippen LogP contribution in [0.2, 0.25) is 0 Å². The Hall–Kier alpha value is -4.38. The fraction of sp³-hybridized carbons (Fsp3) is 0.375. The highest BCUT2D eigenvalue weighted by Crippen LogP contribution is 2.33. The summed E-state index contributed by atoms with van der Waals surface area (Å²) in [7, 11) is 1.49. The van der Waals surface area contributed by atoms with E-state index >= 15 is 4.39 Å². The van der Waals surface area contributed by atoms with E-state index in [-0.39, 0.29) is 36.3 Å². The summed E-state index contributed by atoms with van der Waals surface area (Å²) in [6, 6.07) is 6.22. The number of hydrogen-bond donors (Lipinski definition) is 3. The van der Waals surface area contributed by atoms with Crippen LogP contribution in [0.25, 0.3) is 11.1 Å². The molecular weight excluding hydrogens is 560 g/mol. The van der Waals surface area contributed by atoms with Crippen molar-refractivity contribution in [2.24, 2.45) is 0 Å². The van der Waals surface area contributed by atoms with Crippen molar-refractivity contribution >= 4 is 17.8 Å². The number of pyridine rings is 1. The third-order valence-electron chi connectivity index (χ3n) is 7.14. The number of aryl methyl sites for hydroxylation is 3. The molecule has 11 heteroatoms. The zero-order valence-electron chi connectivity index (χ0n) is 24.9. The van der Waals surface area contributed by atoms with Crippen molar-refractivity contribution in [1.82, 2.24) is 15.2 Å². The van der Waals surface area contributed by atoms with E-state index in [4.69, 9.17) is 4.74 Å². The van der Waals surface area contributed by atoms with Crippen molar-refractivity contribution in [3.8, 4) is 11.1 Å². The molecule has 0 saturated heterocycles. The topological polar surface area (TPSA) is 127 Å². The second-order valence-corrected chi connectivity index (χ2v) is 10.5. The molecule has 0 unspecified atom stereocenters. The molecule has 3 aromatic rings. The minimum atomic E-state index is -1.29. The van der Waals surface area contributed by atoms with Crippen LogP contribution in [0.15, 0.2) is 47.4 Å². The molecule has 0 fully saturated rings. The molecule has 0 spiro atoms. The van der Waals surface area contributed by atoms with Gasteiger partial charge in [0, 0.05) is 25.4 Å². The molecule has 0 aliphatic heterocycles. The number of carboxylic acid groups (broad SMARTS) is 1. The van der Waals surface area contributed by atoms with Gasteiger partial charge in [0.05, 0.1) is 19.1 Å². The lowest BCUT2D eigenvalue weighted by atomic mass is 9.90. The van der Waals surface area contributed by atoms with E-state index in [0.717, 1.165) is 0 Å². The first-order valence-corrected chi connectivity index (χ1v) is 14.0. The Labute approximate surface area is 248 Å². The molecule has 2 aromatic carbocycles. The Morgan fingerprint density at radius 3 is 2.30 bits per heavy atom. The number of methoxy groups -OCH3 is 1. The molecule has 1 aromatic heterocycles. The maximum absolute atomic E-state index is 15.5. The number of amides is 2. The Morgan fingerprint density at radius 1 is 1.02 bits per heavy atom. The second kappa shape index (κ2) is 14.7. The van der Waals surface area contributed by atoms with E-state index in [1.54, 1.807) is 26.8 Å². The number of ether oxygens (including phenoxy) is 1. The van der Waals surface area contributed by atoms with Crippen molar-refractivity contribution < 1.29 is 33.0 Å². The van der Waals surface area contributed by atoms with E-state index in [1.807, 2.05) is 0 Å². The second-order valence-electron chi connectivity index (χ2n) is 10.5. The van der Waals surface area contributed by atoms with Crippen LogP contribution in [-0.2, 0) is 20.9 Å². The van der Waals surface area contributed by atoms with Gasteiger partial charge in [-0.3, -0.25) is 19.2 Å². The zero-order chi connectivity index (χ0) is 31.8. The van der Waals surface area contributed by atoms with Crippen molar-refractivity contribution in [3.05, 3.63) is 92.4 Å². The number of carboxylic acids is 1. The Morgan fingerprint density at radius 2 is 1.70 bits per heavy atom. The molecule has 2 amide bonds. The normalized spacial score (nSPS) is 12.4. The van der Waals surface area contributed by atoms with Gasteiger partial charge in [-0.05, 0) is 91.4 Å². The number of hydrogen-bond acceptors (Lipinski definition) is 5. The number of carbonyl (C=O) groups is 3. The van der Waals surface area contributed by atoms with Crippen LogP contribution in [0.3, 0.4) is 0 Å². The lowest BCUT2D eigenvalue weighted by molar-refractivity contribution is -0.137. The molecule has 0 bridgehead atoms. The monoisotopic (exact) mass is 597 g/mol. The highest BCUT2D eigenvalue weighted by molar-refractivity contribution is 5.97. The maximum Gasteiger partial charge on any atom is 0.305 e. The minimum Gasteiger partial charge on any atom is -0.481 e. The molecular formula is C32H37F2N3O6. The summed E-state index contributed by atoms with van der Waals surface area (Å²) < 4.78 is 35.8. The van der Waals surface area contributed by atoms with Gasteiger partial charge in [0.15, 0.2) is 0 Å². The minimum absolute atomic E-state index is 0.0560. The van der Waals surface area contributed by atoms with Crippen LogP contribution in [0.1, 0.15) is 64.8 Å². The first-order valence-electron chi connectivity index (χ1n) is 14.0. The van der Waals surface area contributed by atoms with Gasteiger partial charge >= 0.3 is 5.97 Å². The number of halogens is 2. The van der Waals surface area contributed by atoms with E-state index in [2.05, 4.69) is 10.6 Å². The molecule has 0 radical (unpaired) electrons. The van der Waals surface area contributed by atoms with Gasteiger partial charge in [0.2, 0.25) is 5.91 Å². The summed E-state index contributed by atoms with van der Waals surface area (Å²) in [6.07, 6.45) is 1.53. The summed E-state index contributed by atoms with van der Waals surface area (Å²) in [5, 5.41) is 14.8. The van der Waals surface area contributed by atoms with Crippen molar-refractivity contribution in [2.75, 3.05) is 13.7 Å². The van der Waals surface area contributed by atoms with Crippen LogP contribution >= 0.6 is 0 Å². The fourth-order valence-electron chi connectivity index (χ4n) is 5.12. The molecule has 0 aliphatic carbocycles. The molecule has 9 nitrogen and oxygen atoms in total. The van der Waals surface area contributed by atoms with Gasteiger partial charge in [-0.15, -0.1) is 0 Å². The van der Waals surface area contributed by atoms with E-state index < -0.39 is 53.5 Å². The van der Waals surface area contributed by atoms with Gasteiger partial charge in [0.1, 0.15) is 23.2 Å². The molecule has 3 N–H and O–H groups in total. The summed E-state index contributed by atoms with van der Waals surface area (Å²) >= 11 is 0. The van der Waals surface area contributed by atoms with Crippen molar-refractivity contribution in [2.45, 2.75) is 65.6 Å². The standard InChI is InChI=1S/C32H37F2N3O6/c1-6-8-25(35-30(40)23-9-7-10-37(32(23)42)11-12-43-5)31(41)36-26(17-27(38)39)24-16-21(13-20(4)29(24)34)28-18(2)14-22(33)15-19(28)3/h7,9-10,13-16,25-26H,6,8,11-12,17H2,1-5H3,(H,35,40)(H,36,41)(H,38,39)/t25-,26-/m0/s1. The first kappa shape index (κ1) is 33.1. The summed E-state index contributed by atoms with van der Waals surface area (Å²) in [5.41, 5.74) is 1.86. The number of nitrogens with zero attached hydrogens (tertiary/aromatic N) is 1. The Bertz CT molecular complexity index is 1550. The molecule has 2 atom stereocenters. The average Bonchev–Trinajstić information content (AvgIpc) is 2.92. The number of aromatic nitrogens is 1. The number of nitrogens with one attached hydrogen (secondary N) is 2. The van der Waals surface area contributed by atoms with Gasteiger partial charge in [-0.1, -0.05) is 13.3 Å². The quantitative estimate of drug-likeness (QED) is 0.265. The Kier molecular flexibility index (Phi) is 11.3. The SMILES string of the molecule is CCC[C@H](NC(=O)c1cccn(CCOC)c1=O)C(=O)N[C@@H](CC(=O)O)c1cc(-c2c(C)cc(F)cc2C)cc(C)c1F. The summed E-state index contributed by atoms with van der Waals surface area (Å²) in [6.45, 7) is 7.24. The van der Waals surface area contributed by atoms with Crippen molar-refractivity contribution in [3.63, 3.8) is 0 Å². The lowest BCUT2D eigenvalue weighted by Gasteiger charge is -2.24. The molecule has 0 aliphatic rings. The predicted octanol–water partition coefficient (Wildman–Crippen LogP) is 4.60. The first-order chi connectivity index (χ1) is 20.4. The van der Waals surface area contributed by atoms with Gasteiger partial charge in [-0.25, -0.2) is 8.78 Å². The number of benzene rings is 2. The van der Waals surface area contributed by atoms with Gasteiger partial charge in [-0.2, -0.15) is 0 Å². The average molecular weight is 598 g/mol. The lowest BCUT2D eigenvalue weighted by Crippen LogP contribution is -2.49. The van der Waals surface area contributed by atoms with Gasteiger partial charge < -0.3 is 25.0 Å². The Balaban J connectivity index is 1.96. The highest BCUT2D eigenvalue weighted by Gasteiger charge is 2.28. The van der Waals surface area contributed by atoms with E-state index in [1.165, 1.54) is 55.1 Å². The summed E-state index contributed by atoms with van der Waals surface area (Å²) in [4.78, 5) is 51.2. The van der Waals surface area contributed by atoms with Crippen molar-refractivity contribution in [1.29, 1.82) is 0 Å². The van der Waals surface area contributed by atoms with Gasteiger partial charge in [0.25, 0.3) is 11.5 Å². The van der Waals surface area contributed by atoms with Crippen LogP contribution < -0.4 is 16.2 Å². The van der Waals surface area contributed by atoms with E-state index in [0.29, 0.717) is 28.7 Å². The zero-order valence-corrected chi connectivity index (χ0v) is 24.9. The summed E-state index contributed by atoms with van der Waals surface area (Å²) in [5.74, 6) is -3.88. The van der Waals surface area contributed by atoms with Crippen LogP contribution in [0.4, 0.5) is 8.78 Å². The van der Waals surface area contributed by atoms with Crippen LogP contribution in [-0.4, -0.2) is 47.2 Å². The largest absolute Gasteiger partial charge is 0.481 e. The molecule has 43 heavy (non-hydrogen) atoms. The molecule has 1 heterocycles. The smallest absolute Gasteiger partial charge is 0.305 e.